The first-order chi connectivity index (χ1) is 7.75. The fourth-order valence-corrected chi connectivity index (χ4v) is 2.19. The number of aliphatic hydroxyl groups excluding tert-OH is 1. The predicted molar refractivity (Wildman–Crippen MR) is 64.6 cm³/mol. The number of halogens is 1. The molecule has 0 bridgehead atoms. The van der Waals surface area contributed by atoms with Gasteiger partial charge in [-0.15, -0.1) is 0 Å². The molecule has 1 aliphatic heterocycles. The van der Waals surface area contributed by atoms with Crippen LogP contribution in [0, 0.1) is 0 Å². The van der Waals surface area contributed by atoms with Crippen LogP contribution in [-0.4, -0.2) is 17.8 Å². The molecule has 0 radical (unpaired) electrons. The highest BCUT2D eigenvalue weighted by Gasteiger charge is 2.18. The molecular weight excluding hydrogens is 224 g/mol. The van der Waals surface area contributed by atoms with E-state index >= 15 is 0 Å². The molecule has 3 heteroatoms. The quantitative estimate of drug-likeness (QED) is 0.878. The van der Waals surface area contributed by atoms with Gasteiger partial charge in [-0.05, 0) is 37.0 Å². The fourth-order valence-electron chi connectivity index (χ4n) is 2.06. The summed E-state index contributed by atoms with van der Waals surface area (Å²) in [6.07, 6.45) is 3.86. The summed E-state index contributed by atoms with van der Waals surface area (Å²) in [4.78, 5) is 0. The van der Waals surface area contributed by atoms with E-state index < -0.39 is 6.10 Å². The van der Waals surface area contributed by atoms with Gasteiger partial charge in [-0.3, -0.25) is 0 Å². The second kappa shape index (κ2) is 5.67. The lowest BCUT2D eigenvalue weighted by molar-refractivity contribution is -0.0155. The van der Waals surface area contributed by atoms with Gasteiger partial charge in [0.2, 0.25) is 0 Å². The molecule has 16 heavy (non-hydrogen) atoms. The molecular formula is C13H17ClO2. The molecule has 1 fully saturated rings. The zero-order valence-corrected chi connectivity index (χ0v) is 9.99. The van der Waals surface area contributed by atoms with Crippen molar-refractivity contribution >= 4 is 11.6 Å². The summed E-state index contributed by atoms with van der Waals surface area (Å²) in [6, 6.07) is 7.36. The summed E-state index contributed by atoms with van der Waals surface area (Å²) in [5.74, 6) is 0. The molecule has 1 aliphatic rings. The lowest BCUT2D eigenvalue weighted by Gasteiger charge is -2.24. The molecule has 0 spiro atoms. The van der Waals surface area contributed by atoms with Crippen LogP contribution in [0.4, 0.5) is 0 Å². The van der Waals surface area contributed by atoms with Gasteiger partial charge in [0.1, 0.15) is 0 Å². The molecule has 1 aromatic rings. The Labute approximate surface area is 101 Å². The normalized spacial score (nSPS) is 23.0. The molecule has 88 valence electrons. The first kappa shape index (κ1) is 11.9. The van der Waals surface area contributed by atoms with E-state index in [0.29, 0.717) is 11.4 Å². The third-order valence-corrected chi connectivity index (χ3v) is 3.27. The maximum absolute atomic E-state index is 10.0. The molecule has 1 N–H and O–H groups in total. The summed E-state index contributed by atoms with van der Waals surface area (Å²) in [5.41, 5.74) is 0.915. The minimum atomic E-state index is -0.444. The largest absolute Gasteiger partial charge is 0.388 e. The third kappa shape index (κ3) is 3.21. The summed E-state index contributed by atoms with van der Waals surface area (Å²) in [6.45, 7) is 0.831. The smallest absolute Gasteiger partial charge is 0.0814 e. The van der Waals surface area contributed by atoms with E-state index in [2.05, 4.69) is 0 Å². The van der Waals surface area contributed by atoms with Crippen LogP contribution in [0.25, 0.3) is 0 Å². The van der Waals surface area contributed by atoms with Gasteiger partial charge in [0, 0.05) is 18.1 Å². The van der Waals surface area contributed by atoms with Crippen LogP contribution >= 0.6 is 11.6 Å². The van der Waals surface area contributed by atoms with Crippen molar-refractivity contribution in [2.45, 2.75) is 37.9 Å². The zero-order valence-electron chi connectivity index (χ0n) is 9.23. The first-order valence-corrected chi connectivity index (χ1v) is 6.18. The number of benzene rings is 1. The van der Waals surface area contributed by atoms with E-state index in [1.165, 1.54) is 6.42 Å². The molecule has 2 unspecified atom stereocenters. The van der Waals surface area contributed by atoms with Crippen LogP contribution < -0.4 is 0 Å². The van der Waals surface area contributed by atoms with Crippen LogP contribution in [0.1, 0.15) is 37.4 Å². The van der Waals surface area contributed by atoms with Gasteiger partial charge in [0.05, 0.1) is 12.2 Å². The SMILES string of the molecule is OC(CC1CCCCO1)c1ccc(Cl)cc1. The lowest BCUT2D eigenvalue weighted by Crippen LogP contribution is -2.21. The van der Waals surface area contributed by atoms with E-state index in [4.69, 9.17) is 16.3 Å². The van der Waals surface area contributed by atoms with Crippen LogP contribution in [0.2, 0.25) is 5.02 Å². The zero-order chi connectivity index (χ0) is 11.4. The number of hydrogen-bond acceptors (Lipinski definition) is 2. The average Bonchev–Trinajstić information content (AvgIpc) is 2.31. The predicted octanol–water partition coefficient (Wildman–Crippen LogP) is 3.33. The Morgan fingerprint density at radius 2 is 2.06 bits per heavy atom. The molecule has 2 rings (SSSR count). The van der Waals surface area contributed by atoms with Crippen molar-refractivity contribution in [2.75, 3.05) is 6.61 Å². The second-order valence-corrected chi connectivity index (χ2v) is 4.73. The Hall–Kier alpha value is -0.570. The number of aliphatic hydroxyl groups is 1. The standard InChI is InChI=1S/C13H17ClO2/c14-11-6-4-10(5-7-11)13(15)9-12-3-1-2-8-16-12/h4-7,12-13,15H,1-3,8-9H2. The summed E-state index contributed by atoms with van der Waals surface area (Å²) >= 11 is 5.80. The minimum absolute atomic E-state index is 0.208. The average molecular weight is 241 g/mol. The van der Waals surface area contributed by atoms with Gasteiger partial charge in [-0.2, -0.15) is 0 Å². The number of hydrogen-bond donors (Lipinski definition) is 1. The summed E-state index contributed by atoms with van der Waals surface area (Å²) in [7, 11) is 0. The molecule has 0 amide bonds. The molecule has 2 atom stereocenters. The van der Waals surface area contributed by atoms with Crippen LogP contribution in [0.5, 0.6) is 0 Å². The molecule has 1 saturated heterocycles. The van der Waals surface area contributed by atoms with Gasteiger partial charge in [0.25, 0.3) is 0 Å². The Morgan fingerprint density at radius 1 is 1.31 bits per heavy atom. The molecule has 0 aromatic heterocycles. The minimum Gasteiger partial charge on any atom is -0.388 e. The molecule has 0 saturated carbocycles. The van der Waals surface area contributed by atoms with Gasteiger partial charge >= 0.3 is 0 Å². The van der Waals surface area contributed by atoms with Crippen molar-refractivity contribution in [3.8, 4) is 0 Å². The van der Waals surface area contributed by atoms with E-state index in [1.807, 2.05) is 24.3 Å². The third-order valence-electron chi connectivity index (χ3n) is 3.01. The van der Waals surface area contributed by atoms with Crippen LogP contribution in [0.3, 0.4) is 0 Å². The van der Waals surface area contributed by atoms with E-state index in [1.54, 1.807) is 0 Å². The number of ether oxygens (including phenoxy) is 1. The molecule has 1 heterocycles. The second-order valence-electron chi connectivity index (χ2n) is 4.29. The Kier molecular flexibility index (Phi) is 4.22. The maximum atomic E-state index is 10.0. The summed E-state index contributed by atoms with van der Waals surface area (Å²) in [5, 5.41) is 10.7. The van der Waals surface area contributed by atoms with Crippen molar-refractivity contribution in [2.24, 2.45) is 0 Å². The monoisotopic (exact) mass is 240 g/mol. The van der Waals surface area contributed by atoms with Crippen molar-refractivity contribution < 1.29 is 9.84 Å². The van der Waals surface area contributed by atoms with Gasteiger partial charge < -0.3 is 9.84 Å². The number of rotatable bonds is 3. The molecule has 1 aromatic carbocycles. The van der Waals surface area contributed by atoms with Gasteiger partial charge in [-0.25, -0.2) is 0 Å². The van der Waals surface area contributed by atoms with Gasteiger partial charge in [0.15, 0.2) is 0 Å². The van der Waals surface area contributed by atoms with Crippen molar-refractivity contribution in [1.82, 2.24) is 0 Å². The fraction of sp³-hybridized carbons (Fsp3) is 0.538. The first-order valence-electron chi connectivity index (χ1n) is 5.81. The molecule has 0 aliphatic carbocycles. The molecule has 2 nitrogen and oxygen atoms in total. The summed E-state index contributed by atoms with van der Waals surface area (Å²) < 4.78 is 5.61. The van der Waals surface area contributed by atoms with Crippen LogP contribution in [-0.2, 0) is 4.74 Å². The van der Waals surface area contributed by atoms with Crippen molar-refractivity contribution in [3.63, 3.8) is 0 Å². The Bertz CT molecular complexity index is 317. The highest BCUT2D eigenvalue weighted by molar-refractivity contribution is 6.30. The lowest BCUT2D eigenvalue weighted by atomic mass is 9.99. The van der Waals surface area contributed by atoms with E-state index in [9.17, 15) is 5.11 Å². The Morgan fingerprint density at radius 3 is 2.69 bits per heavy atom. The van der Waals surface area contributed by atoms with Gasteiger partial charge in [-0.1, -0.05) is 23.7 Å². The van der Waals surface area contributed by atoms with Crippen molar-refractivity contribution in [1.29, 1.82) is 0 Å². The highest BCUT2D eigenvalue weighted by Crippen LogP contribution is 2.25. The van der Waals surface area contributed by atoms with Crippen LogP contribution in [0.15, 0.2) is 24.3 Å². The topological polar surface area (TPSA) is 29.5 Å². The Balaban J connectivity index is 1.91. The maximum Gasteiger partial charge on any atom is 0.0814 e. The van der Waals surface area contributed by atoms with E-state index in [0.717, 1.165) is 25.0 Å². The van der Waals surface area contributed by atoms with E-state index in [-0.39, 0.29) is 6.10 Å². The van der Waals surface area contributed by atoms with Crippen molar-refractivity contribution in [3.05, 3.63) is 34.9 Å². The highest BCUT2D eigenvalue weighted by atomic mass is 35.5.